The van der Waals surface area contributed by atoms with Crippen molar-refractivity contribution in [3.63, 3.8) is 0 Å². The normalized spacial score (nSPS) is 12.4. The third-order valence-corrected chi connectivity index (χ3v) is 3.52. The predicted molar refractivity (Wildman–Crippen MR) is 72.0 cm³/mol. The number of aryl methyl sites for hydroxylation is 1. The first kappa shape index (κ1) is 14.1. The Hall–Kier alpha value is -0.970. The van der Waals surface area contributed by atoms with Gasteiger partial charge < -0.3 is 9.88 Å². The first-order valence-electron chi connectivity index (χ1n) is 6.08. The van der Waals surface area contributed by atoms with Gasteiger partial charge in [0.05, 0.1) is 11.8 Å². The maximum absolute atomic E-state index is 11.7. The number of imidazole rings is 1. The van der Waals surface area contributed by atoms with E-state index in [4.69, 9.17) is 0 Å². The van der Waals surface area contributed by atoms with Gasteiger partial charge in [0, 0.05) is 18.9 Å². The van der Waals surface area contributed by atoms with E-state index in [0.29, 0.717) is 6.54 Å². The van der Waals surface area contributed by atoms with E-state index in [1.807, 2.05) is 13.1 Å². The number of amides is 1. The van der Waals surface area contributed by atoms with Gasteiger partial charge in [0.25, 0.3) is 0 Å². The molecule has 0 spiro atoms. The molecular weight excluding hydrogens is 234 g/mol. The van der Waals surface area contributed by atoms with Gasteiger partial charge in [-0.2, -0.15) is 0 Å². The lowest BCUT2D eigenvalue weighted by Crippen LogP contribution is -2.31. The average Bonchev–Trinajstić information content (AvgIpc) is 2.74. The maximum Gasteiger partial charge on any atom is 0.233 e. The molecule has 1 unspecified atom stereocenters. The van der Waals surface area contributed by atoms with E-state index >= 15 is 0 Å². The van der Waals surface area contributed by atoms with Crippen molar-refractivity contribution >= 4 is 17.7 Å². The van der Waals surface area contributed by atoms with Crippen molar-refractivity contribution in [3.05, 3.63) is 18.2 Å². The Morgan fingerprint density at radius 2 is 2.35 bits per heavy atom. The molecule has 1 amide bonds. The number of hydrogen-bond donors (Lipinski definition) is 1. The molecule has 0 aliphatic heterocycles. The zero-order chi connectivity index (χ0) is 12.7. The van der Waals surface area contributed by atoms with Crippen molar-refractivity contribution in [2.24, 2.45) is 0 Å². The van der Waals surface area contributed by atoms with Crippen LogP contribution in [0.1, 0.15) is 33.0 Å². The first-order valence-corrected chi connectivity index (χ1v) is 7.13. The Balaban J connectivity index is 2.44. The van der Waals surface area contributed by atoms with Crippen molar-refractivity contribution in [2.45, 2.75) is 45.5 Å². The third-order valence-electron chi connectivity index (χ3n) is 2.47. The molecule has 0 saturated heterocycles. The molecule has 1 aromatic rings. The number of nitrogens with zero attached hydrogens (tertiary/aromatic N) is 2. The number of nitrogens with one attached hydrogen (secondary N) is 1. The fourth-order valence-corrected chi connectivity index (χ4v) is 2.32. The summed E-state index contributed by atoms with van der Waals surface area (Å²) in [6.45, 7) is 7.58. The fraction of sp³-hybridized carbons (Fsp3) is 0.667. The summed E-state index contributed by atoms with van der Waals surface area (Å²) < 4.78 is 2.08. The lowest BCUT2D eigenvalue weighted by Gasteiger charge is -2.11. The van der Waals surface area contributed by atoms with Crippen LogP contribution in [0.5, 0.6) is 0 Å². The van der Waals surface area contributed by atoms with Gasteiger partial charge >= 0.3 is 0 Å². The Morgan fingerprint density at radius 1 is 1.59 bits per heavy atom. The zero-order valence-corrected chi connectivity index (χ0v) is 11.6. The molecule has 0 fully saturated rings. The molecule has 0 saturated carbocycles. The minimum absolute atomic E-state index is 0.00888. The molecule has 0 aromatic carbocycles. The summed E-state index contributed by atoms with van der Waals surface area (Å²) in [4.78, 5) is 16.0. The maximum atomic E-state index is 11.7. The number of rotatable bonds is 7. The summed E-state index contributed by atoms with van der Waals surface area (Å²) in [5.41, 5.74) is 0. The summed E-state index contributed by atoms with van der Waals surface area (Å²) in [6, 6.07) is 0. The van der Waals surface area contributed by atoms with Crippen LogP contribution in [-0.4, -0.2) is 26.5 Å². The fourth-order valence-electron chi connectivity index (χ4n) is 1.59. The van der Waals surface area contributed by atoms with Crippen LogP contribution in [0.4, 0.5) is 0 Å². The third kappa shape index (κ3) is 4.42. The standard InChI is InChI=1S/C12H21N3OS/c1-4-7-15-8-6-13-11(15)9-14-12(16)10(3)17-5-2/h6,8,10H,4-5,7,9H2,1-3H3,(H,14,16). The van der Waals surface area contributed by atoms with Gasteiger partial charge in [0.15, 0.2) is 0 Å². The van der Waals surface area contributed by atoms with E-state index < -0.39 is 0 Å². The number of aromatic nitrogens is 2. The smallest absolute Gasteiger partial charge is 0.233 e. The van der Waals surface area contributed by atoms with Crippen LogP contribution in [0.15, 0.2) is 12.4 Å². The van der Waals surface area contributed by atoms with E-state index in [0.717, 1.165) is 24.5 Å². The van der Waals surface area contributed by atoms with Gasteiger partial charge in [-0.15, -0.1) is 11.8 Å². The highest BCUT2D eigenvalue weighted by Gasteiger charge is 2.12. The van der Waals surface area contributed by atoms with Gasteiger partial charge in [0.1, 0.15) is 5.82 Å². The second-order valence-electron chi connectivity index (χ2n) is 3.85. The van der Waals surface area contributed by atoms with E-state index in [2.05, 4.69) is 28.7 Å². The second kappa shape index (κ2) is 7.37. The Kier molecular flexibility index (Phi) is 6.11. The molecule has 0 aliphatic carbocycles. The number of carbonyl (C=O) groups excluding carboxylic acids is 1. The Bertz CT molecular complexity index is 351. The molecule has 0 radical (unpaired) electrons. The molecule has 0 bridgehead atoms. The van der Waals surface area contributed by atoms with Crippen LogP contribution in [0.3, 0.4) is 0 Å². The minimum Gasteiger partial charge on any atom is -0.348 e. The molecule has 17 heavy (non-hydrogen) atoms. The van der Waals surface area contributed by atoms with E-state index in [9.17, 15) is 4.79 Å². The molecule has 5 heteroatoms. The highest BCUT2D eigenvalue weighted by Crippen LogP contribution is 2.09. The summed E-state index contributed by atoms with van der Waals surface area (Å²) in [5, 5.41) is 2.93. The summed E-state index contributed by atoms with van der Waals surface area (Å²) in [6.07, 6.45) is 4.80. The topological polar surface area (TPSA) is 46.9 Å². The molecule has 4 nitrogen and oxygen atoms in total. The number of hydrogen-bond acceptors (Lipinski definition) is 3. The van der Waals surface area contributed by atoms with Crippen LogP contribution >= 0.6 is 11.8 Å². The van der Waals surface area contributed by atoms with Crippen LogP contribution in [-0.2, 0) is 17.9 Å². The van der Waals surface area contributed by atoms with Gasteiger partial charge in [-0.05, 0) is 19.1 Å². The molecule has 1 heterocycles. The van der Waals surface area contributed by atoms with Crippen molar-refractivity contribution in [1.29, 1.82) is 0 Å². The zero-order valence-electron chi connectivity index (χ0n) is 10.8. The quantitative estimate of drug-likeness (QED) is 0.811. The van der Waals surface area contributed by atoms with Crippen LogP contribution in [0, 0.1) is 0 Å². The van der Waals surface area contributed by atoms with Crippen LogP contribution in [0.25, 0.3) is 0 Å². The Morgan fingerprint density at radius 3 is 3.00 bits per heavy atom. The van der Waals surface area contributed by atoms with Crippen molar-refractivity contribution < 1.29 is 4.79 Å². The van der Waals surface area contributed by atoms with Gasteiger partial charge in [0.2, 0.25) is 5.91 Å². The monoisotopic (exact) mass is 255 g/mol. The van der Waals surface area contributed by atoms with Gasteiger partial charge in [-0.25, -0.2) is 4.98 Å². The second-order valence-corrected chi connectivity index (χ2v) is 5.47. The summed E-state index contributed by atoms with van der Waals surface area (Å²) in [5.74, 6) is 1.97. The summed E-state index contributed by atoms with van der Waals surface area (Å²) >= 11 is 1.65. The Labute approximate surface area is 107 Å². The summed E-state index contributed by atoms with van der Waals surface area (Å²) in [7, 11) is 0. The molecule has 1 rings (SSSR count). The average molecular weight is 255 g/mol. The minimum atomic E-state index is 0.00888. The molecule has 1 aromatic heterocycles. The molecule has 1 N–H and O–H groups in total. The first-order chi connectivity index (χ1) is 8.19. The SMILES string of the molecule is CCCn1ccnc1CNC(=O)C(C)SCC. The molecule has 96 valence electrons. The lowest BCUT2D eigenvalue weighted by atomic mass is 10.4. The predicted octanol–water partition coefficient (Wildman–Crippen LogP) is 2.05. The van der Waals surface area contributed by atoms with Crippen molar-refractivity contribution in [3.8, 4) is 0 Å². The largest absolute Gasteiger partial charge is 0.348 e. The van der Waals surface area contributed by atoms with Crippen molar-refractivity contribution in [1.82, 2.24) is 14.9 Å². The van der Waals surface area contributed by atoms with E-state index in [1.165, 1.54) is 0 Å². The highest BCUT2D eigenvalue weighted by molar-refractivity contribution is 8.00. The van der Waals surface area contributed by atoms with Crippen LogP contribution in [0.2, 0.25) is 0 Å². The van der Waals surface area contributed by atoms with Gasteiger partial charge in [-0.3, -0.25) is 4.79 Å². The van der Waals surface area contributed by atoms with E-state index in [1.54, 1.807) is 18.0 Å². The lowest BCUT2D eigenvalue weighted by molar-refractivity contribution is -0.120. The molecule has 1 atom stereocenters. The van der Waals surface area contributed by atoms with E-state index in [-0.39, 0.29) is 11.2 Å². The van der Waals surface area contributed by atoms with Crippen molar-refractivity contribution in [2.75, 3.05) is 5.75 Å². The number of thioether (sulfide) groups is 1. The molecular formula is C12H21N3OS. The molecule has 0 aliphatic rings. The number of carbonyl (C=O) groups is 1. The highest BCUT2D eigenvalue weighted by atomic mass is 32.2. The van der Waals surface area contributed by atoms with Crippen LogP contribution < -0.4 is 5.32 Å². The van der Waals surface area contributed by atoms with Gasteiger partial charge in [-0.1, -0.05) is 13.8 Å².